The van der Waals surface area contributed by atoms with E-state index >= 15 is 0 Å². The number of carbonyl (C=O) groups is 2. The van der Waals surface area contributed by atoms with Crippen LogP contribution in [0.5, 0.6) is 5.75 Å². The van der Waals surface area contributed by atoms with E-state index in [1.165, 1.54) is 12.4 Å². The maximum Gasteiger partial charge on any atom is 0.252 e. The fourth-order valence-corrected chi connectivity index (χ4v) is 3.55. The summed E-state index contributed by atoms with van der Waals surface area (Å²) in [5, 5.41) is 2.77. The van der Waals surface area contributed by atoms with Crippen LogP contribution in [0.3, 0.4) is 0 Å². The number of carbonyl (C=O) groups excluding carboxylic acids is 2. The second-order valence-electron chi connectivity index (χ2n) is 7.10. The summed E-state index contributed by atoms with van der Waals surface area (Å²) in [5.74, 6) is 0.218. The summed E-state index contributed by atoms with van der Waals surface area (Å²) in [6.45, 7) is -0.0418. The molecule has 1 saturated heterocycles. The monoisotopic (exact) mass is 398 g/mol. The second-order valence-corrected chi connectivity index (χ2v) is 7.10. The van der Waals surface area contributed by atoms with Crippen molar-refractivity contribution in [3.05, 3.63) is 58.3 Å². The zero-order valence-corrected chi connectivity index (χ0v) is 16.0. The molecule has 1 aliphatic heterocycles. The molecule has 0 spiro atoms. The van der Waals surface area contributed by atoms with Gasteiger partial charge in [0.05, 0.1) is 31.7 Å². The Balaban J connectivity index is 1.57. The zero-order chi connectivity index (χ0) is 20.4. The Kier molecular flexibility index (Phi) is 5.30. The number of benzene rings is 1. The molecule has 152 valence electrons. The van der Waals surface area contributed by atoms with E-state index < -0.39 is 12.1 Å². The first-order chi connectivity index (χ1) is 14.1. The van der Waals surface area contributed by atoms with Crippen LogP contribution in [-0.4, -0.2) is 52.5 Å². The van der Waals surface area contributed by atoms with Gasteiger partial charge in [-0.05, 0) is 30.5 Å². The van der Waals surface area contributed by atoms with Crippen LogP contribution in [0.4, 0.5) is 0 Å². The van der Waals surface area contributed by atoms with Crippen molar-refractivity contribution in [1.29, 1.82) is 0 Å². The van der Waals surface area contributed by atoms with Crippen LogP contribution < -0.4 is 15.6 Å². The first-order valence-electron chi connectivity index (χ1n) is 9.45. The number of rotatable bonds is 6. The molecule has 2 N–H and O–H groups in total. The number of nitrogens with zero attached hydrogens (tertiary/aromatic N) is 2. The molecule has 29 heavy (non-hydrogen) atoms. The molecule has 2 aliphatic rings. The van der Waals surface area contributed by atoms with Crippen LogP contribution in [0, 0.1) is 0 Å². The lowest BCUT2D eigenvalue weighted by Gasteiger charge is -2.40. The van der Waals surface area contributed by atoms with Crippen molar-refractivity contribution < 1.29 is 19.1 Å². The third-order valence-corrected chi connectivity index (χ3v) is 5.10. The van der Waals surface area contributed by atoms with Gasteiger partial charge in [-0.2, -0.15) is 0 Å². The van der Waals surface area contributed by atoms with E-state index in [9.17, 15) is 14.4 Å². The van der Waals surface area contributed by atoms with Crippen molar-refractivity contribution in [2.24, 2.45) is 0 Å². The van der Waals surface area contributed by atoms with Gasteiger partial charge in [0.1, 0.15) is 12.4 Å². The lowest BCUT2D eigenvalue weighted by Crippen LogP contribution is -2.55. The van der Waals surface area contributed by atoms with Crippen molar-refractivity contribution >= 4 is 11.8 Å². The van der Waals surface area contributed by atoms with E-state index in [2.05, 4.69) is 15.3 Å². The quantitative estimate of drug-likeness (QED) is 0.734. The molecule has 2 fully saturated rings. The van der Waals surface area contributed by atoms with Gasteiger partial charge in [0, 0.05) is 12.1 Å². The molecule has 1 aliphatic carbocycles. The SMILES string of the molecule is COc1ccc([C@@H]2[C@@H](C(=O)NCc3cc(=O)[nH]cn3)OCC(=O)N2C2CC2)cc1. The second kappa shape index (κ2) is 8.04. The highest BCUT2D eigenvalue weighted by Gasteiger charge is 2.47. The molecule has 1 aromatic heterocycles. The lowest BCUT2D eigenvalue weighted by atomic mass is 9.96. The van der Waals surface area contributed by atoms with Crippen molar-refractivity contribution in [3.63, 3.8) is 0 Å². The van der Waals surface area contributed by atoms with Gasteiger partial charge in [-0.25, -0.2) is 4.98 Å². The summed E-state index contributed by atoms with van der Waals surface area (Å²) in [6.07, 6.45) is 2.27. The zero-order valence-electron chi connectivity index (χ0n) is 16.0. The predicted molar refractivity (Wildman–Crippen MR) is 102 cm³/mol. The number of aromatic amines is 1. The minimum atomic E-state index is -0.858. The molecule has 0 radical (unpaired) electrons. The molecule has 9 nitrogen and oxygen atoms in total. The molecule has 1 saturated carbocycles. The van der Waals surface area contributed by atoms with Gasteiger partial charge in [-0.3, -0.25) is 14.4 Å². The third-order valence-electron chi connectivity index (χ3n) is 5.10. The molecular formula is C20H22N4O5. The van der Waals surface area contributed by atoms with Gasteiger partial charge >= 0.3 is 0 Å². The molecule has 2 heterocycles. The van der Waals surface area contributed by atoms with Crippen molar-refractivity contribution in [3.8, 4) is 5.75 Å². The first kappa shape index (κ1) is 19.1. The lowest BCUT2D eigenvalue weighted by molar-refractivity contribution is -0.165. The molecule has 1 aromatic carbocycles. The highest BCUT2D eigenvalue weighted by Crippen LogP contribution is 2.39. The van der Waals surface area contributed by atoms with Crippen LogP contribution in [0.2, 0.25) is 0 Å². The van der Waals surface area contributed by atoms with Crippen LogP contribution in [0.15, 0.2) is 41.5 Å². The van der Waals surface area contributed by atoms with E-state index in [0.29, 0.717) is 11.4 Å². The van der Waals surface area contributed by atoms with Gasteiger partial charge < -0.3 is 24.7 Å². The van der Waals surface area contributed by atoms with Crippen LogP contribution in [-0.2, 0) is 20.9 Å². The number of hydrogen-bond donors (Lipinski definition) is 2. The third kappa shape index (κ3) is 4.14. The van der Waals surface area contributed by atoms with Gasteiger partial charge in [0.2, 0.25) is 5.91 Å². The van der Waals surface area contributed by atoms with Gasteiger partial charge in [0.25, 0.3) is 11.5 Å². The average molecular weight is 398 g/mol. The fraction of sp³-hybridized carbons (Fsp3) is 0.400. The number of morpholine rings is 1. The number of amides is 2. The van der Waals surface area contributed by atoms with Crippen molar-refractivity contribution in [2.45, 2.75) is 37.6 Å². The number of aromatic nitrogens is 2. The molecule has 2 atom stereocenters. The number of H-pyrrole nitrogens is 1. The highest BCUT2D eigenvalue weighted by atomic mass is 16.5. The van der Waals surface area contributed by atoms with E-state index in [1.807, 2.05) is 12.1 Å². The van der Waals surface area contributed by atoms with Crippen LogP contribution in [0.25, 0.3) is 0 Å². The molecule has 4 rings (SSSR count). The van der Waals surface area contributed by atoms with E-state index in [0.717, 1.165) is 18.4 Å². The summed E-state index contributed by atoms with van der Waals surface area (Å²) in [4.78, 5) is 45.1. The first-order valence-corrected chi connectivity index (χ1v) is 9.45. The number of nitrogens with one attached hydrogen (secondary N) is 2. The Morgan fingerprint density at radius 2 is 2.07 bits per heavy atom. The van der Waals surface area contributed by atoms with Crippen LogP contribution >= 0.6 is 0 Å². The summed E-state index contributed by atoms with van der Waals surface area (Å²) in [5.41, 5.74) is 0.953. The maximum atomic E-state index is 12.9. The smallest absolute Gasteiger partial charge is 0.252 e. The van der Waals surface area contributed by atoms with Crippen molar-refractivity contribution in [2.75, 3.05) is 13.7 Å². The molecule has 9 heteroatoms. The average Bonchev–Trinajstić information content (AvgIpc) is 3.57. The molecule has 2 aromatic rings. The Hall–Kier alpha value is -3.20. The Labute approximate surface area is 167 Å². The predicted octanol–water partition coefficient (Wildman–Crippen LogP) is 0.526. The minimum absolute atomic E-state index is 0.0926. The summed E-state index contributed by atoms with van der Waals surface area (Å²) in [7, 11) is 1.58. The van der Waals surface area contributed by atoms with Crippen molar-refractivity contribution in [1.82, 2.24) is 20.2 Å². The Morgan fingerprint density at radius 1 is 1.31 bits per heavy atom. The molecule has 0 bridgehead atoms. The van der Waals surface area contributed by atoms with E-state index in [-0.39, 0.29) is 36.6 Å². The Morgan fingerprint density at radius 3 is 2.72 bits per heavy atom. The van der Waals surface area contributed by atoms with E-state index in [1.54, 1.807) is 24.1 Å². The molecular weight excluding hydrogens is 376 g/mol. The van der Waals surface area contributed by atoms with E-state index in [4.69, 9.17) is 9.47 Å². The highest BCUT2D eigenvalue weighted by molar-refractivity contribution is 5.86. The Bertz CT molecular complexity index is 954. The van der Waals surface area contributed by atoms with Crippen LogP contribution in [0.1, 0.15) is 30.1 Å². The summed E-state index contributed by atoms with van der Waals surface area (Å²) < 4.78 is 10.9. The summed E-state index contributed by atoms with van der Waals surface area (Å²) >= 11 is 0. The normalized spacial score (nSPS) is 21.7. The maximum absolute atomic E-state index is 12.9. The number of methoxy groups -OCH3 is 1. The van der Waals surface area contributed by atoms with Gasteiger partial charge in [-0.15, -0.1) is 0 Å². The largest absolute Gasteiger partial charge is 0.497 e. The van der Waals surface area contributed by atoms with Gasteiger partial charge in [-0.1, -0.05) is 12.1 Å². The fourth-order valence-electron chi connectivity index (χ4n) is 3.55. The summed E-state index contributed by atoms with van der Waals surface area (Å²) in [6, 6.07) is 8.22. The number of hydrogen-bond acceptors (Lipinski definition) is 6. The van der Waals surface area contributed by atoms with Gasteiger partial charge in [0.15, 0.2) is 6.10 Å². The molecule has 2 amide bonds. The topological polar surface area (TPSA) is 114 Å². The molecule has 0 unspecified atom stereocenters. The number of ether oxygens (including phenoxy) is 2. The standard InChI is InChI=1S/C20H22N4O5/c1-28-15-6-2-12(3-7-15)18-19(29-10-17(26)24(18)14-4-5-14)20(27)21-9-13-8-16(25)23-11-22-13/h2-3,6-8,11,14,18-19H,4-5,9-10H2,1H3,(H,21,27)(H,22,23,25)/t18-,19+/m1/s1. The minimum Gasteiger partial charge on any atom is -0.497 e.